The first-order chi connectivity index (χ1) is 16.4. The second kappa shape index (κ2) is 10.2. The van der Waals surface area contributed by atoms with Crippen molar-refractivity contribution in [2.75, 3.05) is 27.4 Å². The van der Waals surface area contributed by atoms with Crippen molar-refractivity contribution in [1.82, 2.24) is 4.90 Å². The molecule has 0 aromatic heterocycles. The maximum Gasteiger partial charge on any atom is 0.254 e. The van der Waals surface area contributed by atoms with Crippen molar-refractivity contribution in [3.05, 3.63) is 88.7 Å². The largest absolute Gasteiger partial charge is 0.493 e. The first kappa shape index (κ1) is 23.6. The molecule has 4 rings (SSSR count). The van der Waals surface area contributed by atoms with E-state index in [1.165, 1.54) is 29.8 Å². The van der Waals surface area contributed by atoms with E-state index in [0.29, 0.717) is 35.9 Å². The quantitative estimate of drug-likeness (QED) is 0.445. The molecule has 178 valence electrons. The van der Waals surface area contributed by atoms with Crippen LogP contribution in [0.25, 0.3) is 0 Å². The van der Waals surface area contributed by atoms with E-state index in [2.05, 4.69) is 26.0 Å². The minimum Gasteiger partial charge on any atom is -0.493 e. The lowest BCUT2D eigenvalue weighted by Gasteiger charge is -2.37. The lowest BCUT2D eigenvalue weighted by atomic mass is 9.91. The van der Waals surface area contributed by atoms with Crippen LogP contribution in [-0.2, 0) is 6.42 Å². The molecule has 1 aliphatic rings. The third-order valence-corrected chi connectivity index (χ3v) is 6.31. The van der Waals surface area contributed by atoms with E-state index in [0.717, 1.165) is 16.9 Å². The number of carbonyl (C=O) groups is 1. The van der Waals surface area contributed by atoms with Crippen LogP contribution in [0.1, 0.15) is 52.9 Å². The van der Waals surface area contributed by atoms with Crippen molar-refractivity contribution < 1.29 is 23.4 Å². The summed E-state index contributed by atoms with van der Waals surface area (Å²) in [6, 6.07) is 17.2. The summed E-state index contributed by atoms with van der Waals surface area (Å²) in [7, 11) is 3.20. The van der Waals surface area contributed by atoms with Crippen LogP contribution in [0.4, 0.5) is 4.39 Å². The van der Waals surface area contributed by atoms with Crippen molar-refractivity contribution >= 4 is 5.91 Å². The van der Waals surface area contributed by atoms with Gasteiger partial charge in [-0.1, -0.05) is 26.0 Å². The molecule has 0 saturated heterocycles. The number of fused-ring (bicyclic) bond motifs is 1. The van der Waals surface area contributed by atoms with E-state index in [1.54, 1.807) is 19.1 Å². The van der Waals surface area contributed by atoms with Crippen LogP contribution in [0.2, 0.25) is 0 Å². The van der Waals surface area contributed by atoms with Gasteiger partial charge in [0.15, 0.2) is 11.5 Å². The van der Waals surface area contributed by atoms with Gasteiger partial charge in [0, 0.05) is 12.1 Å². The maximum absolute atomic E-state index is 13.4. The molecule has 6 heteroatoms. The third-order valence-electron chi connectivity index (χ3n) is 6.31. The molecule has 0 fully saturated rings. The predicted molar refractivity (Wildman–Crippen MR) is 129 cm³/mol. The van der Waals surface area contributed by atoms with Crippen LogP contribution in [0, 0.1) is 5.82 Å². The number of halogens is 1. The molecule has 1 heterocycles. The predicted octanol–water partition coefficient (Wildman–Crippen LogP) is 5.78. The van der Waals surface area contributed by atoms with Gasteiger partial charge in [-0.05, 0) is 77.6 Å². The number of benzene rings is 3. The molecule has 34 heavy (non-hydrogen) atoms. The zero-order valence-corrected chi connectivity index (χ0v) is 20.0. The molecule has 1 atom stereocenters. The first-order valence-corrected chi connectivity index (χ1v) is 11.4. The van der Waals surface area contributed by atoms with E-state index in [4.69, 9.17) is 14.2 Å². The van der Waals surface area contributed by atoms with Crippen LogP contribution in [0.5, 0.6) is 17.2 Å². The zero-order valence-electron chi connectivity index (χ0n) is 20.0. The molecule has 0 bridgehead atoms. The van der Waals surface area contributed by atoms with Crippen molar-refractivity contribution in [1.29, 1.82) is 0 Å². The van der Waals surface area contributed by atoms with Gasteiger partial charge >= 0.3 is 0 Å². The molecule has 0 saturated carbocycles. The van der Waals surface area contributed by atoms with E-state index in [9.17, 15) is 9.18 Å². The summed E-state index contributed by atoms with van der Waals surface area (Å²) in [6.45, 7) is 5.08. The van der Waals surface area contributed by atoms with E-state index < -0.39 is 0 Å². The Kier molecular flexibility index (Phi) is 7.06. The van der Waals surface area contributed by atoms with E-state index in [-0.39, 0.29) is 24.4 Å². The van der Waals surface area contributed by atoms with Crippen LogP contribution in [0.15, 0.2) is 60.7 Å². The fourth-order valence-corrected chi connectivity index (χ4v) is 4.33. The highest BCUT2D eigenvalue weighted by atomic mass is 19.1. The van der Waals surface area contributed by atoms with Gasteiger partial charge in [0.25, 0.3) is 5.91 Å². The smallest absolute Gasteiger partial charge is 0.254 e. The lowest BCUT2D eigenvalue weighted by Crippen LogP contribution is -2.42. The van der Waals surface area contributed by atoms with Gasteiger partial charge in [-0.3, -0.25) is 4.79 Å². The minimum atomic E-state index is -0.373. The van der Waals surface area contributed by atoms with Crippen LogP contribution >= 0.6 is 0 Å². The van der Waals surface area contributed by atoms with Gasteiger partial charge in [-0.15, -0.1) is 0 Å². The van der Waals surface area contributed by atoms with Crippen LogP contribution in [-0.4, -0.2) is 38.2 Å². The normalized spacial score (nSPS) is 15.1. The molecule has 0 radical (unpaired) electrons. The first-order valence-electron chi connectivity index (χ1n) is 11.4. The number of nitrogens with zero attached hydrogens (tertiary/aromatic N) is 1. The Morgan fingerprint density at radius 2 is 1.65 bits per heavy atom. The topological polar surface area (TPSA) is 48.0 Å². The Morgan fingerprint density at radius 3 is 2.26 bits per heavy atom. The van der Waals surface area contributed by atoms with Crippen molar-refractivity contribution in [2.24, 2.45) is 0 Å². The average molecular weight is 464 g/mol. The Balaban J connectivity index is 1.67. The van der Waals surface area contributed by atoms with Crippen molar-refractivity contribution in [3.8, 4) is 17.2 Å². The second-order valence-electron chi connectivity index (χ2n) is 8.71. The van der Waals surface area contributed by atoms with Crippen molar-refractivity contribution in [3.63, 3.8) is 0 Å². The SMILES string of the molecule is COc1cc2c(cc1OC)C(COc1ccc(C(C)C)cc1)N(C(=O)c1ccc(F)cc1)CC2. The molecule has 0 spiro atoms. The highest BCUT2D eigenvalue weighted by Gasteiger charge is 2.33. The summed E-state index contributed by atoms with van der Waals surface area (Å²) in [5, 5.41) is 0. The molecule has 3 aromatic carbocycles. The Morgan fingerprint density at radius 1 is 1.00 bits per heavy atom. The number of ether oxygens (including phenoxy) is 3. The van der Waals surface area contributed by atoms with Gasteiger partial charge in [-0.2, -0.15) is 0 Å². The zero-order chi connectivity index (χ0) is 24.2. The van der Waals surface area contributed by atoms with Crippen LogP contribution < -0.4 is 14.2 Å². The van der Waals surface area contributed by atoms with Crippen LogP contribution in [0.3, 0.4) is 0 Å². The Hall–Kier alpha value is -3.54. The summed E-state index contributed by atoms with van der Waals surface area (Å²) in [6.07, 6.45) is 0.669. The number of carbonyl (C=O) groups excluding carboxylic acids is 1. The highest BCUT2D eigenvalue weighted by Crippen LogP contribution is 2.39. The highest BCUT2D eigenvalue weighted by molar-refractivity contribution is 5.94. The molecule has 3 aromatic rings. The van der Waals surface area contributed by atoms with Crippen molar-refractivity contribution in [2.45, 2.75) is 32.2 Å². The number of rotatable bonds is 7. The van der Waals surface area contributed by atoms with Gasteiger partial charge in [0.2, 0.25) is 0 Å². The van der Waals surface area contributed by atoms with Gasteiger partial charge in [0.05, 0.1) is 20.3 Å². The number of methoxy groups -OCH3 is 2. The lowest BCUT2D eigenvalue weighted by molar-refractivity contribution is 0.0589. The minimum absolute atomic E-state index is 0.163. The van der Waals surface area contributed by atoms with Gasteiger partial charge < -0.3 is 19.1 Å². The fourth-order valence-electron chi connectivity index (χ4n) is 4.33. The number of amides is 1. The van der Waals surface area contributed by atoms with E-state index in [1.807, 2.05) is 24.3 Å². The summed E-state index contributed by atoms with van der Waals surface area (Å²) in [4.78, 5) is 15.2. The Labute approximate surface area is 200 Å². The summed E-state index contributed by atoms with van der Waals surface area (Å²) in [5.74, 6) is 1.90. The van der Waals surface area contributed by atoms with E-state index >= 15 is 0 Å². The summed E-state index contributed by atoms with van der Waals surface area (Å²) >= 11 is 0. The monoisotopic (exact) mass is 463 g/mol. The average Bonchev–Trinajstić information content (AvgIpc) is 2.86. The third kappa shape index (κ3) is 4.86. The molecular formula is C28H30FNO4. The molecule has 1 unspecified atom stereocenters. The number of hydrogen-bond acceptors (Lipinski definition) is 4. The fraction of sp³-hybridized carbons (Fsp3) is 0.321. The standard InChI is InChI=1S/C28H30FNO4/c1-18(2)19-7-11-23(12-8-19)34-17-25-24-16-27(33-4)26(32-3)15-21(24)13-14-30(25)28(31)20-5-9-22(29)10-6-20/h5-12,15-16,18,25H,13-14,17H2,1-4H3. The molecule has 5 nitrogen and oxygen atoms in total. The number of hydrogen-bond donors (Lipinski definition) is 0. The Bertz CT molecular complexity index is 1140. The van der Waals surface area contributed by atoms with Gasteiger partial charge in [-0.25, -0.2) is 4.39 Å². The summed E-state index contributed by atoms with van der Waals surface area (Å²) < 4.78 is 30.6. The molecule has 0 N–H and O–H groups in total. The maximum atomic E-state index is 13.4. The molecule has 1 aliphatic heterocycles. The second-order valence-corrected chi connectivity index (χ2v) is 8.71. The molecule has 1 amide bonds. The summed E-state index contributed by atoms with van der Waals surface area (Å²) in [5.41, 5.74) is 3.72. The molecular weight excluding hydrogens is 433 g/mol. The van der Waals surface area contributed by atoms with Gasteiger partial charge in [0.1, 0.15) is 18.2 Å². The molecule has 0 aliphatic carbocycles.